The van der Waals surface area contributed by atoms with Gasteiger partial charge in [0, 0.05) is 23.7 Å². The molecule has 0 unspecified atom stereocenters. The SMILES string of the molecule is Cc1onc2c1c(=O)n([C@H]1CCC[C@@H](CCNc3ccccc3)C1)c1cccc(Cl)c21. The predicted molar refractivity (Wildman–Crippen MR) is 126 cm³/mol. The number of anilines is 1. The first-order valence-electron chi connectivity index (χ1n) is 11.0. The summed E-state index contributed by atoms with van der Waals surface area (Å²) < 4.78 is 7.35. The Hall–Kier alpha value is -2.79. The minimum atomic E-state index is -0.0171. The number of aromatic nitrogens is 2. The Morgan fingerprint density at radius 2 is 1.97 bits per heavy atom. The molecule has 2 aromatic heterocycles. The second-order valence-corrected chi connectivity index (χ2v) is 8.95. The molecule has 0 saturated heterocycles. The van der Waals surface area contributed by atoms with Crippen LogP contribution >= 0.6 is 11.6 Å². The van der Waals surface area contributed by atoms with E-state index in [1.54, 1.807) is 6.92 Å². The predicted octanol–water partition coefficient (Wildman–Crippen LogP) is 6.34. The normalized spacial score (nSPS) is 19.2. The first-order chi connectivity index (χ1) is 15.1. The first kappa shape index (κ1) is 20.1. The van der Waals surface area contributed by atoms with Gasteiger partial charge in [-0.05, 0) is 56.4 Å². The lowest BCUT2D eigenvalue weighted by molar-refractivity contribution is 0.260. The molecule has 31 heavy (non-hydrogen) atoms. The topological polar surface area (TPSA) is 60.1 Å². The van der Waals surface area contributed by atoms with Crippen molar-refractivity contribution in [2.45, 2.75) is 45.1 Å². The number of benzene rings is 2. The minimum absolute atomic E-state index is 0.0171. The molecule has 2 heterocycles. The highest BCUT2D eigenvalue weighted by Gasteiger charge is 2.27. The van der Waals surface area contributed by atoms with Crippen molar-refractivity contribution in [2.75, 3.05) is 11.9 Å². The van der Waals surface area contributed by atoms with Crippen molar-refractivity contribution >= 4 is 39.1 Å². The Bertz CT molecular complexity index is 1280. The maximum Gasteiger partial charge on any atom is 0.264 e. The van der Waals surface area contributed by atoms with Crippen LogP contribution in [-0.2, 0) is 0 Å². The number of aryl methyl sites for hydroxylation is 1. The van der Waals surface area contributed by atoms with Gasteiger partial charge in [-0.3, -0.25) is 4.79 Å². The summed E-state index contributed by atoms with van der Waals surface area (Å²) in [6, 6.07) is 16.2. The van der Waals surface area contributed by atoms with Gasteiger partial charge in [-0.25, -0.2) is 0 Å². The van der Waals surface area contributed by atoms with Crippen molar-refractivity contribution in [1.82, 2.24) is 9.72 Å². The Labute approximate surface area is 186 Å². The number of halogens is 1. The lowest BCUT2D eigenvalue weighted by Gasteiger charge is -2.31. The molecular formula is C25H26ClN3O2. The van der Waals surface area contributed by atoms with Crippen LogP contribution < -0.4 is 10.9 Å². The maximum absolute atomic E-state index is 13.5. The molecule has 1 saturated carbocycles. The molecule has 2 atom stereocenters. The summed E-state index contributed by atoms with van der Waals surface area (Å²) in [7, 11) is 0. The second-order valence-electron chi connectivity index (χ2n) is 8.54. The summed E-state index contributed by atoms with van der Waals surface area (Å²) in [6.07, 6.45) is 5.41. The largest absolute Gasteiger partial charge is 0.385 e. The standard InChI is InChI=1S/C25H26ClN3O2/c1-16-22-24(28-31-16)23-20(26)11-6-12-21(23)29(25(22)30)19-10-5-7-17(15-19)13-14-27-18-8-3-2-4-9-18/h2-4,6,8-9,11-12,17,19,27H,5,7,10,13-15H2,1H3/t17-,19-/m0/s1. The smallest absolute Gasteiger partial charge is 0.264 e. The minimum Gasteiger partial charge on any atom is -0.385 e. The van der Waals surface area contributed by atoms with Gasteiger partial charge >= 0.3 is 0 Å². The summed E-state index contributed by atoms with van der Waals surface area (Å²) in [5.74, 6) is 1.13. The number of fused-ring (bicyclic) bond motifs is 3. The van der Waals surface area contributed by atoms with E-state index in [2.05, 4.69) is 22.6 Å². The third kappa shape index (κ3) is 3.72. The van der Waals surface area contributed by atoms with E-state index in [0.29, 0.717) is 27.6 Å². The van der Waals surface area contributed by atoms with Crippen LogP contribution in [0.25, 0.3) is 21.8 Å². The van der Waals surface area contributed by atoms with Gasteiger partial charge in [-0.2, -0.15) is 0 Å². The van der Waals surface area contributed by atoms with Crippen molar-refractivity contribution in [1.29, 1.82) is 0 Å². The summed E-state index contributed by atoms with van der Waals surface area (Å²) in [6.45, 7) is 2.73. The number of rotatable bonds is 5. The zero-order chi connectivity index (χ0) is 21.4. The van der Waals surface area contributed by atoms with Crippen molar-refractivity contribution in [3.8, 4) is 0 Å². The molecule has 0 bridgehead atoms. The molecule has 1 fully saturated rings. The molecule has 0 spiro atoms. The van der Waals surface area contributed by atoms with Gasteiger partial charge in [0.1, 0.15) is 16.7 Å². The van der Waals surface area contributed by atoms with E-state index in [-0.39, 0.29) is 11.6 Å². The molecule has 160 valence electrons. The van der Waals surface area contributed by atoms with Crippen LogP contribution in [0.1, 0.15) is 43.9 Å². The van der Waals surface area contributed by atoms with Crippen molar-refractivity contribution in [3.05, 3.63) is 69.7 Å². The van der Waals surface area contributed by atoms with E-state index in [4.69, 9.17) is 16.1 Å². The fourth-order valence-electron chi connectivity index (χ4n) is 5.07. The zero-order valence-electron chi connectivity index (χ0n) is 17.6. The number of hydrogen-bond donors (Lipinski definition) is 1. The lowest BCUT2D eigenvalue weighted by atomic mass is 9.83. The van der Waals surface area contributed by atoms with Crippen LogP contribution in [0.5, 0.6) is 0 Å². The highest BCUT2D eigenvalue weighted by Crippen LogP contribution is 2.38. The quantitative estimate of drug-likeness (QED) is 0.397. The van der Waals surface area contributed by atoms with E-state index in [1.165, 1.54) is 6.42 Å². The molecule has 4 aromatic rings. The van der Waals surface area contributed by atoms with Gasteiger partial charge in [0.15, 0.2) is 0 Å². The number of hydrogen-bond acceptors (Lipinski definition) is 4. The average Bonchev–Trinajstić information content (AvgIpc) is 3.17. The van der Waals surface area contributed by atoms with E-state index in [9.17, 15) is 4.79 Å². The molecule has 0 amide bonds. The Morgan fingerprint density at radius 1 is 1.13 bits per heavy atom. The molecule has 5 nitrogen and oxygen atoms in total. The fraction of sp³-hybridized carbons (Fsp3) is 0.360. The molecule has 5 rings (SSSR count). The Kier molecular flexibility index (Phi) is 5.45. The highest BCUT2D eigenvalue weighted by molar-refractivity contribution is 6.37. The van der Waals surface area contributed by atoms with E-state index in [0.717, 1.165) is 48.8 Å². The Balaban J connectivity index is 1.45. The summed E-state index contributed by atoms with van der Waals surface area (Å²) in [5.41, 5.74) is 2.56. The number of pyridine rings is 1. The van der Waals surface area contributed by atoms with Crippen molar-refractivity contribution < 1.29 is 4.52 Å². The summed E-state index contributed by atoms with van der Waals surface area (Å²) >= 11 is 6.56. The zero-order valence-corrected chi connectivity index (χ0v) is 18.4. The maximum atomic E-state index is 13.5. The van der Waals surface area contributed by atoms with E-state index >= 15 is 0 Å². The van der Waals surface area contributed by atoms with Gasteiger partial charge in [0.2, 0.25) is 0 Å². The lowest BCUT2D eigenvalue weighted by Crippen LogP contribution is -2.30. The van der Waals surface area contributed by atoms with Crippen LogP contribution in [0, 0.1) is 12.8 Å². The fourth-order valence-corrected chi connectivity index (χ4v) is 5.33. The Morgan fingerprint density at radius 3 is 2.81 bits per heavy atom. The molecule has 6 heteroatoms. The van der Waals surface area contributed by atoms with Crippen molar-refractivity contribution in [2.24, 2.45) is 5.92 Å². The van der Waals surface area contributed by atoms with Gasteiger partial charge in [-0.15, -0.1) is 0 Å². The number of nitrogens with one attached hydrogen (secondary N) is 1. The van der Waals surface area contributed by atoms with Crippen LogP contribution in [0.4, 0.5) is 5.69 Å². The molecule has 1 aliphatic carbocycles. The number of para-hydroxylation sites is 1. The van der Waals surface area contributed by atoms with Crippen LogP contribution in [0.15, 0.2) is 57.8 Å². The first-order valence-corrected chi connectivity index (χ1v) is 11.4. The molecule has 1 aliphatic rings. The average molecular weight is 436 g/mol. The number of nitrogens with zero attached hydrogens (tertiary/aromatic N) is 2. The molecule has 0 aliphatic heterocycles. The van der Waals surface area contributed by atoms with Crippen LogP contribution in [0.3, 0.4) is 0 Å². The van der Waals surface area contributed by atoms with Gasteiger partial charge in [0.25, 0.3) is 5.56 Å². The van der Waals surface area contributed by atoms with Gasteiger partial charge in [-0.1, -0.05) is 53.9 Å². The molecular weight excluding hydrogens is 410 g/mol. The van der Waals surface area contributed by atoms with Gasteiger partial charge < -0.3 is 14.4 Å². The summed E-state index contributed by atoms with van der Waals surface area (Å²) in [4.78, 5) is 13.5. The summed E-state index contributed by atoms with van der Waals surface area (Å²) in [5, 5.41) is 9.63. The van der Waals surface area contributed by atoms with Crippen LogP contribution in [-0.4, -0.2) is 16.3 Å². The van der Waals surface area contributed by atoms with Crippen LogP contribution in [0.2, 0.25) is 5.02 Å². The van der Waals surface area contributed by atoms with Gasteiger partial charge in [0.05, 0.1) is 10.5 Å². The van der Waals surface area contributed by atoms with E-state index in [1.807, 2.05) is 41.0 Å². The highest BCUT2D eigenvalue weighted by atomic mass is 35.5. The molecule has 0 radical (unpaired) electrons. The third-order valence-electron chi connectivity index (χ3n) is 6.56. The second kappa shape index (κ2) is 8.39. The molecule has 2 aromatic carbocycles. The third-order valence-corrected chi connectivity index (χ3v) is 6.87. The monoisotopic (exact) mass is 435 g/mol. The van der Waals surface area contributed by atoms with E-state index < -0.39 is 0 Å². The molecule has 1 N–H and O–H groups in total. The van der Waals surface area contributed by atoms with Crippen molar-refractivity contribution in [3.63, 3.8) is 0 Å².